The van der Waals surface area contributed by atoms with E-state index in [9.17, 15) is 5.11 Å². The molecule has 3 unspecified atom stereocenters. The minimum atomic E-state index is -0.699. The molecule has 13 heavy (non-hydrogen) atoms. The van der Waals surface area contributed by atoms with Crippen LogP contribution in [-0.2, 0) is 9.47 Å². The summed E-state index contributed by atoms with van der Waals surface area (Å²) in [7, 11) is 3.07. The summed E-state index contributed by atoms with van der Waals surface area (Å²) < 4.78 is 10.3. The van der Waals surface area contributed by atoms with Crippen LogP contribution in [0.2, 0.25) is 0 Å². The average Bonchev–Trinajstić information content (AvgIpc) is 2.10. The summed E-state index contributed by atoms with van der Waals surface area (Å²) >= 11 is 0. The van der Waals surface area contributed by atoms with E-state index in [4.69, 9.17) is 20.9 Å². The third kappa shape index (κ3) is 2.00. The highest BCUT2D eigenvalue weighted by Gasteiger charge is 2.41. The van der Waals surface area contributed by atoms with Gasteiger partial charge in [-0.2, -0.15) is 0 Å². The molecular formula is C8H18N2O3. The molecule has 0 aliphatic heterocycles. The molecule has 1 aliphatic carbocycles. The second kappa shape index (κ2) is 4.34. The lowest BCUT2D eigenvalue weighted by atomic mass is 9.84. The van der Waals surface area contributed by atoms with Gasteiger partial charge in [-0.15, -0.1) is 0 Å². The quantitative estimate of drug-likeness (QED) is 0.489. The molecule has 1 fully saturated rings. The van der Waals surface area contributed by atoms with Crippen molar-refractivity contribution in [3.8, 4) is 0 Å². The first-order valence-corrected chi connectivity index (χ1v) is 4.36. The maximum Gasteiger partial charge on any atom is 0.112 e. The van der Waals surface area contributed by atoms with E-state index in [2.05, 4.69) is 0 Å². The van der Waals surface area contributed by atoms with Gasteiger partial charge in [0.2, 0.25) is 0 Å². The Morgan fingerprint density at radius 1 is 1.08 bits per heavy atom. The number of nitrogens with two attached hydrogens (primary N) is 2. The van der Waals surface area contributed by atoms with Gasteiger partial charge >= 0.3 is 0 Å². The molecule has 5 nitrogen and oxygen atoms in total. The zero-order valence-corrected chi connectivity index (χ0v) is 8.01. The molecule has 5 N–H and O–H groups in total. The smallest absolute Gasteiger partial charge is 0.112 e. The zero-order chi connectivity index (χ0) is 10.0. The highest BCUT2D eigenvalue weighted by Crippen LogP contribution is 2.22. The molecule has 0 aromatic heterocycles. The maximum atomic E-state index is 9.67. The molecule has 0 aromatic rings. The Balaban J connectivity index is 2.71. The van der Waals surface area contributed by atoms with E-state index in [1.807, 2.05) is 0 Å². The maximum absolute atomic E-state index is 9.67. The number of aliphatic hydroxyl groups is 1. The van der Waals surface area contributed by atoms with Crippen molar-refractivity contribution in [1.82, 2.24) is 0 Å². The Kier molecular flexibility index (Phi) is 3.63. The van der Waals surface area contributed by atoms with E-state index < -0.39 is 12.2 Å². The van der Waals surface area contributed by atoms with Crippen LogP contribution in [0.4, 0.5) is 0 Å². The van der Waals surface area contributed by atoms with Crippen molar-refractivity contribution >= 4 is 0 Å². The summed E-state index contributed by atoms with van der Waals surface area (Å²) in [5.74, 6) is 0. The van der Waals surface area contributed by atoms with Gasteiger partial charge in [0.1, 0.15) is 12.2 Å². The molecule has 5 atom stereocenters. The van der Waals surface area contributed by atoms with E-state index in [0.717, 1.165) is 0 Å². The molecule has 1 aliphatic rings. The predicted molar refractivity (Wildman–Crippen MR) is 48.2 cm³/mol. The number of hydrogen-bond donors (Lipinski definition) is 3. The Labute approximate surface area is 78.0 Å². The SMILES string of the molecule is COC1C(OC)[C@H](N)CC(N)[C@H]1O. The third-order valence-electron chi connectivity index (χ3n) is 2.61. The number of rotatable bonds is 2. The van der Waals surface area contributed by atoms with Crippen LogP contribution in [0.25, 0.3) is 0 Å². The Hall–Kier alpha value is -0.200. The molecular weight excluding hydrogens is 172 g/mol. The monoisotopic (exact) mass is 190 g/mol. The van der Waals surface area contributed by atoms with Gasteiger partial charge in [-0.25, -0.2) is 0 Å². The summed E-state index contributed by atoms with van der Waals surface area (Å²) in [5, 5.41) is 9.67. The van der Waals surface area contributed by atoms with Crippen LogP contribution in [0.1, 0.15) is 6.42 Å². The Morgan fingerprint density at radius 2 is 1.62 bits per heavy atom. The van der Waals surface area contributed by atoms with E-state index in [-0.39, 0.29) is 18.2 Å². The highest BCUT2D eigenvalue weighted by atomic mass is 16.5. The molecule has 0 spiro atoms. The van der Waals surface area contributed by atoms with Gasteiger partial charge in [-0.1, -0.05) is 0 Å². The summed E-state index contributed by atoms with van der Waals surface area (Å²) in [4.78, 5) is 0. The number of hydrogen-bond acceptors (Lipinski definition) is 5. The van der Waals surface area contributed by atoms with Crippen molar-refractivity contribution in [3.05, 3.63) is 0 Å². The third-order valence-corrected chi connectivity index (χ3v) is 2.61. The van der Waals surface area contributed by atoms with Gasteiger partial charge in [0.25, 0.3) is 0 Å². The van der Waals surface area contributed by atoms with Gasteiger partial charge < -0.3 is 26.0 Å². The van der Waals surface area contributed by atoms with Crippen LogP contribution >= 0.6 is 0 Å². The highest BCUT2D eigenvalue weighted by molar-refractivity contribution is 4.98. The minimum Gasteiger partial charge on any atom is -0.389 e. The first kappa shape index (κ1) is 10.9. The van der Waals surface area contributed by atoms with Gasteiger partial charge in [0.15, 0.2) is 0 Å². The molecule has 5 heteroatoms. The van der Waals surface area contributed by atoms with Crippen molar-refractivity contribution in [3.63, 3.8) is 0 Å². The van der Waals surface area contributed by atoms with E-state index in [1.165, 1.54) is 7.11 Å². The van der Waals surface area contributed by atoms with E-state index in [0.29, 0.717) is 6.42 Å². The van der Waals surface area contributed by atoms with Gasteiger partial charge in [-0.3, -0.25) is 0 Å². The molecule has 0 radical (unpaired) electrons. The van der Waals surface area contributed by atoms with E-state index >= 15 is 0 Å². The van der Waals surface area contributed by atoms with Crippen LogP contribution in [0, 0.1) is 0 Å². The molecule has 1 saturated carbocycles. The Bertz CT molecular complexity index is 167. The zero-order valence-electron chi connectivity index (χ0n) is 8.01. The molecule has 0 saturated heterocycles. The van der Waals surface area contributed by atoms with Gasteiger partial charge in [0, 0.05) is 26.3 Å². The van der Waals surface area contributed by atoms with Crippen molar-refractivity contribution in [1.29, 1.82) is 0 Å². The van der Waals surface area contributed by atoms with Crippen molar-refractivity contribution in [2.24, 2.45) is 11.5 Å². The van der Waals surface area contributed by atoms with Gasteiger partial charge in [-0.05, 0) is 6.42 Å². The second-order valence-corrected chi connectivity index (χ2v) is 3.45. The molecule has 0 bridgehead atoms. The number of ether oxygens (including phenoxy) is 2. The van der Waals surface area contributed by atoms with Crippen LogP contribution in [0.5, 0.6) is 0 Å². The summed E-state index contributed by atoms with van der Waals surface area (Å²) in [6, 6.07) is -0.500. The predicted octanol–water partition coefficient (Wildman–Crippen LogP) is -1.56. The fraction of sp³-hybridized carbons (Fsp3) is 1.00. The number of methoxy groups -OCH3 is 2. The lowest BCUT2D eigenvalue weighted by molar-refractivity contribution is -0.130. The van der Waals surface area contributed by atoms with Gasteiger partial charge in [0.05, 0.1) is 6.10 Å². The topological polar surface area (TPSA) is 90.7 Å². The number of aliphatic hydroxyl groups excluding tert-OH is 1. The minimum absolute atomic E-state index is 0.173. The Morgan fingerprint density at radius 3 is 2.08 bits per heavy atom. The lowest BCUT2D eigenvalue weighted by Crippen LogP contribution is -2.62. The van der Waals surface area contributed by atoms with E-state index in [1.54, 1.807) is 7.11 Å². The molecule has 0 heterocycles. The van der Waals surface area contributed by atoms with Crippen molar-refractivity contribution in [2.45, 2.75) is 36.8 Å². The second-order valence-electron chi connectivity index (χ2n) is 3.45. The summed E-state index contributed by atoms with van der Waals surface area (Å²) in [6.07, 6.45) is -0.849. The molecule has 1 rings (SSSR count). The fourth-order valence-electron chi connectivity index (χ4n) is 1.85. The van der Waals surface area contributed by atoms with Crippen LogP contribution < -0.4 is 11.5 Å². The summed E-state index contributed by atoms with van der Waals surface area (Å²) in [6.45, 7) is 0. The molecule has 0 aromatic carbocycles. The van der Waals surface area contributed by atoms with Crippen LogP contribution in [0.3, 0.4) is 0 Å². The first-order chi connectivity index (χ1) is 6.11. The van der Waals surface area contributed by atoms with Crippen LogP contribution in [-0.4, -0.2) is 49.7 Å². The lowest BCUT2D eigenvalue weighted by Gasteiger charge is -2.40. The first-order valence-electron chi connectivity index (χ1n) is 4.36. The normalized spacial score (nSPS) is 46.4. The van der Waals surface area contributed by atoms with Crippen molar-refractivity contribution in [2.75, 3.05) is 14.2 Å². The summed E-state index contributed by atoms with van der Waals surface area (Å²) in [5.41, 5.74) is 11.5. The van der Waals surface area contributed by atoms with Crippen LogP contribution in [0.15, 0.2) is 0 Å². The fourth-order valence-corrected chi connectivity index (χ4v) is 1.85. The standard InChI is InChI=1S/C8H18N2O3/c1-12-7-5(10)3-4(9)6(11)8(7)13-2/h4-8,11H,3,9-10H2,1-2H3/t4?,5-,6-,7?,8?/m1/s1. The molecule has 0 amide bonds. The average molecular weight is 190 g/mol. The molecule has 78 valence electrons. The van der Waals surface area contributed by atoms with Crippen molar-refractivity contribution < 1.29 is 14.6 Å². The largest absolute Gasteiger partial charge is 0.389 e.